The van der Waals surface area contributed by atoms with E-state index in [9.17, 15) is 4.79 Å². The Bertz CT molecular complexity index is 445. The normalized spacial score (nSPS) is 21.9. The molecular formula is C11H11ClN2O3. The van der Waals surface area contributed by atoms with Gasteiger partial charge in [-0.15, -0.1) is 0 Å². The number of cyclic esters (lactones) is 1. The number of aromatic nitrogens is 1. The highest BCUT2D eigenvalue weighted by atomic mass is 35.5. The summed E-state index contributed by atoms with van der Waals surface area (Å²) in [6.07, 6.45) is 1.17. The zero-order chi connectivity index (χ0) is 12.3. The topological polar surface area (TPSA) is 71.8 Å². The van der Waals surface area contributed by atoms with E-state index in [1.165, 1.54) is 0 Å². The van der Waals surface area contributed by atoms with Crippen LogP contribution in [0.5, 0.6) is 0 Å². The molecule has 0 spiro atoms. The van der Waals surface area contributed by atoms with Gasteiger partial charge in [-0.3, -0.25) is 9.79 Å². The van der Waals surface area contributed by atoms with Gasteiger partial charge >= 0.3 is 5.97 Å². The summed E-state index contributed by atoms with van der Waals surface area (Å²) in [7, 11) is 0. The quantitative estimate of drug-likeness (QED) is 0.645. The molecule has 90 valence electrons. The molecule has 1 aromatic heterocycles. The molecule has 2 heterocycles. The first kappa shape index (κ1) is 12.0. The van der Waals surface area contributed by atoms with Crippen molar-refractivity contribution >= 4 is 23.3 Å². The lowest BCUT2D eigenvalue weighted by Gasteiger charge is -2.05. The van der Waals surface area contributed by atoms with Crippen LogP contribution in [0.3, 0.4) is 0 Å². The molecule has 6 heteroatoms. The van der Waals surface area contributed by atoms with E-state index in [4.69, 9.17) is 21.4 Å². The molecule has 17 heavy (non-hydrogen) atoms. The Balaban J connectivity index is 2.05. The van der Waals surface area contributed by atoms with Crippen molar-refractivity contribution in [3.63, 3.8) is 0 Å². The van der Waals surface area contributed by atoms with Crippen LogP contribution in [0, 0.1) is 0 Å². The summed E-state index contributed by atoms with van der Waals surface area (Å²) in [4.78, 5) is 19.2. The maximum Gasteiger partial charge on any atom is 0.312 e. The average Bonchev–Trinajstić information content (AvgIpc) is 2.69. The number of hydrogen-bond donors (Lipinski definition) is 1. The molecule has 0 aliphatic carbocycles. The lowest BCUT2D eigenvalue weighted by molar-refractivity contribution is -0.142. The second-order valence-electron chi connectivity index (χ2n) is 3.63. The zero-order valence-electron chi connectivity index (χ0n) is 8.97. The van der Waals surface area contributed by atoms with Crippen molar-refractivity contribution < 1.29 is 14.6 Å². The van der Waals surface area contributed by atoms with Gasteiger partial charge in [-0.1, -0.05) is 17.7 Å². The first-order valence-electron chi connectivity index (χ1n) is 5.13. The number of hydrogen-bond acceptors (Lipinski definition) is 5. The standard InChI is InChI=1S/C11H11ClN2O3/c12-10-2-1-7(5-14-10)4-13-8-3-11(16)17-9(8)6-15/h1-2,5,9,15H,3-4,6H2. The second-order valence-corrected chi connectivity index (χ2v) is 4.02. The minimum atomic E-state index is -0.595. The van der Waals surface area contributed by atoms with E-state index < -0.39 is 6.10 Å². The maximum atomic E-state index is 11.0. The number of rotatable bonds is 3. The highest BCUT2D eigenvalue weighted by Crippen LogP contribution is 2.13. The van der Waals surface area contributed by atoms with E-state index in [-0.39, 0.29) is 19.0 Å². The molecule has 1 fully saturated rings. The molecule has 1 atom stereocenters. The molecule has 1 unspecified atom stereocenters. The molecule has 1 saturated heterocycles. The summed E-state index contributed by atoms with van der Waals surface area (Å²) in [5.41, 5.74) is 1.46. The monoisotopic (exact) mass is 254 g/mol. The number of carbonyl (C=O) groups is 1. The van der Waals surface area contributed by atoms with Crippen LogP contribution in [0.4, 0.5) is 0 Å². The van der Waals surface area contributed by atoms with Crippen molar-refractivity contribution in [3.8, 4) is 0 Å². The smallest absolute Gasteiger partial charge is 0.312 e. The Labute approximate surface area is 103 Å². The largest absolute Gasteiger partial charge is 0.453 e. The average molecular weight is 255 g/mol. The molecule has 2 rings (SSSR count). The minimum Gasteiger partial charge on any atom is -0.453 e. The number of aliphatic imine (C=N–C) groups is 1. The highest BCUT2D eigenvalue weighted by Gasteiger charge is 2.29. The van der Waals surface area contributed by atoms with E-state index >= 15 is 0 Å². The van der Waals surface area contributed by atoms with Gasteiger partial charge in [0.25, 0.3) is 0 Å². The molecule has 1 aromatic rings. The Kier molecular flexibility index (Phi) is 3.71. The Hall–Kier alpha value is -1.46. The van der Waals surface area contributed by atoms with Crippen molar-refractivity contribution in [1.82, 2.24) is 4.98 Å². The van der Waals surface area contributed by atoms with Crippen LogP contribution in [-0.4, -0.2) is 34.5 Å². The number of aliphatic hydroxyl groups excluding tert-OH is 1. The number of ether oxygens (including phenoxy) is 1. The predicted octanol–water partition coefficient (Wildman–Crippen LogP) is 0.984. The fourth-order valence-corrected chi connectivity index (χ4v) is 1.64. The summed E-state index contributed by atoms with van der Waals surface area (Å²) < 4.78 is 4.87. The van der Waals surface area contributed by atoms with Crippen LogP contribution in [0.15, 0.2) is 23.3 Å². The van der Waals surface area contributed by atoms with Crippen LogP contribution in [0.25, 0.3) is 0 Å². The number of pyridine rings is 1. The highest BCUT2D eigenvalue weighted by molar-refractivity contribution is 6.29. The van der Waals surface area contributed by atoms with Crippen LogP contribution < -0.4 is 0 Å². The van der Waals surface area contributed by atoms with Crippen LogP contribution in [0.1, 0.15) is 12.0 Å². The number of nitrogens with zero attached hydrogens (tertiary/aromatic N) is 2. The zero-order valence-corrected chi connectivity index (χ0v) is 9.72. The summed E-state index contributed by atoms with van der Waals surface area (Å²) in [5, 5.41) is 9.42. The third kappa shape index (κ3) is 3.01. The van der Waals surface area contributed by atoms with Crippen molar-refractivity contribution in [3.05, 3.63) is 29.0 Å². The Morgan fingerprint density at radius 2 is 2.41 bits per heavy atom. The van der Waals surface area contributed by atoms with Gasteiger partial charge in [-0.25, -0.2) is 4.98 Å². The lowest BCUT2D eigenvalue weighted by atomic mass is 10.2. The van der Waals surface area contributed by atoms with Crippen molar-refractivity contribution in [2.75, 3.05) is 6.61 Å². The fraction of sp³-hybridized carbons (Fsp3) is 0.364. The minimum absolute atomic E-state index is 0.145. The van der Waals surface area contributed by atoms with E-state index in [2.05, 4.69) is 9.98 Å². The SMILES string of the molecule is O=C1CC(=NCc2ccc(Cl)nc2)C(CO)O1. The molecule has 1 aliphatic heterocycles. The predicted molar refractivity (Wildman–Crippen MR) is 62.0 cm³/mol. The first-order valence-corrected chi connectivity index (χ1v) is 5.51. The third-order valence-corrected chi connectivity index (χ3v) is 2.61. The van der Waals surface area contributed by atoms with Crippen LogP contribution >= 0.6 is 11.6 Å². The molecule has 1 aliphatic rings. The number of aliphatic hydroxyl groups is 1. The van der Waals surface area contributed by atoms with Gasteiger partial charge in [0.2, 0.25) is 0 Å². The molecular weight excluding hydrogens is 244 g/mol. The molecule has 0 aromatic carbocycles. The first-order chi connectivity index (χ1) is 8.19. The summed E-state index contributed by atoms with van der Waals surface area (Å²) >= 11 is 5.66. The molecule has 0 amide bonds. The Morgan fingerprint density at radius 1 is 1.59 bits per heavy atom. The van der Waals surface area contributed by atoms with Gasteiger partial charge in [0.05, 0.1) is 25.3 Å². The van der Waals surface area contributed by atoms with Gasteiger partial charge in [0, 0.05) is 6.20 Å². The molecule has 5 nitrogen and oxygen atoms in total. The number of halogens is 1. The Morgan fingerprint density at radius 3 is 3.06 bits per heavy atom. The van der Waals surface area contributed by atoms with Crippen molar-refractivity contribution in [2.45, 2.75) is 19.1 Å². The van der Waals surface area contributed by atoms with E-state index in [0.29, 0.717) is 17.4 Å². The molecule has 0 bridgehead atoms. The van der Waals surface area contributed by atoms with E-state index in [0.717, 1.165) is 5.56 Å². The van der Waals surface area contributed by atoms with Crippen molar-refractivity contribution in [2.24, 2.45) is 4.99 Å². The second kappa shape index (κ2) is 5.25. The lowest BCUT2D eigenvalue weighted by Crippen LogP contribution is -2.20. The van der Waals surface area contributed by atoms with Gasteiger partial charge < -0.3 is 9.84 Å². The maximum absolute atomic E-state index is 11.0. The van der Waals surface area contributed by atoms with Crippen molar-refractivity contribution in [1.29, 1.82) is 0 Å². The summed E-state index contributed by atoms with van der Waals surface area (Å²) in [6.45, 7) is 0.163. The number of esters is 1. The summed E-state index contributed by atoms with van der Waals surface area (Å²) in [6, 6.07) is 3.49. The van der Waals surface area contributed by atoms with E-state index in [1.807, 2.05) is 6.07 Å². The molecule has 0 radical (unpaired) electrons. The van der Waals surface area contributed by atoms with Gasteiger partial charge in [-0.05, 0) is 11.6 Å². The van der Waals surface area contributed by atoms with Crippen LogP contribution in [0.2, 0.25) is 5.15 Å². The van der Waals surface area contributed by atoms with E-state index in [1.54, 1.807) is 12.3 Å². The van der Waals surface area contributed by atoms with Gasteiger partial charge in [0.1, 0.15) is 5.15 Å². The molecule has 0 saturated carbocycles. The van der Waals surface area contributed by atoms with Crippen LogP contribution in [-0.2, 0) is 16.1 Å². The van der Waals surface area contributed by atoms with Gasteiger partial charge in [-0.2, -0.15) is 0 Å². The number of carbonyl (C=O) groups excluding carboxylic acids is 1. The fourth-order valence-electron chi connectivity index (χ4n) is 1.52. The molecule has 1 N–H and O–H groups in total. The third-order valence-electron chi connectivity index (χ3n) is 2.39. The van der Waals surface area contributed by atoms with Gasteiger partial charge in [0.15, 0.2) is 6.10 Å². The summed E-state index contributed by atoms with van der Waals surface area (Å²) in [5.74, 6) is -0.350.